The van der Waals surface area contributed by atoms with Gasteiger partial charge >= 0.3 is 0 Å². The Kier molecular flexibility index (Phi) is 17.5. The predicted octanol–water partition coefficient (Wildman–Crippen LogP) is -5.08. The van der Waals surface area contributed by atoms with E-state index in [1.807, 2.05) is 69.3 Å². The van der Waals surface area contributed by atoms with E-state index >= 15 is 0 Å². The second kappa shape index (κ2) is 20.7. The molecule has 0 aliphatic carbocycles. The van der Waals surface area contributed by atoms with E-state index in [1.165, 1.54) is 0 Å². The van der Waals surface area contributed by atoms with Crippen molar-refractivity contribution in [1.82, 2.24) is 14.7 Å². The van der Waals surface area contributed by atoms with Gasteiger partial charge in [-0.05, 0) is 37.8 Å². The van der Waals surface area contributed by atoms with Gasteiger partial charge in [0, 0.05) is 63.8 Å². The van der Waals surface area contributed by atoms with Crippen molar-refractivity contribution in [2.75, 3.05) is 65.6 Å². The van der Waals surface area contributed by atoms with Crippen molar-refractivity contribution in [3.05, 3.63) is 70.8 Å². The third kappa shape index (κ3) is 16.0. The molecule has 0 fully saturated rings. The van der Waals surface area contributed by atoms with E-state index in [4.69, 9.17) is 9.05 Å². The molecule has 2 unspecified atom stereocenters. The number of carboxylic acids is 5. The van der Waals surface area contributed by atoms with Crippen LogP contribution in [0.5, 0.6) is 0 Å². The Hall–Kier alpha value is -4.22. The van der Waals surface area contributed by atoms with Crippen molar-refractivity contribution in [3.8, 4) is 0 Å². The van der Waals surface area contributed by atoms with Crippen LogP contribution in [-0.2, 0) is 43.0 Å². The fourth-order valence-electron chi connectivity index (χ4n) is 5.61. The van der Waals surface area contributed by atoms with Crippen LogP contribution in [0.2, 0.25) is 0 Å². The van der Waals surface area contributed by atoms with Gasteiger partial charge in [0.15, 0.2) is 0 Å². The van der Waals surface area contributed by atoms with Crippen LogP contribution in [0.3, 0.4) is 0 Å². The van der Waals surface area contributed by atoms with Crippen molar-refractivity contribution in [3.63, 3.8) is 0 Å². The summed E-state index contributed by atoms with van der Waals surface area (Å²) in [5.41, 5.74) is 3.59. The maximum absolute atomic E-state index is 12.9. The van der Waals surface area contributed by atoms with Gasteiger partial charge < -0.3 is 63.4 Å². The molecule has 0 aliphatic heterocycles. The van der Waals surface area contributed by atoms with Crippen LogP contribution < -0.4 is 30.4 Å². The average molecular weight is 748 g/mol. The molecule has 0 heterocycles. The Bertz CT molecular complexity index is 1480. The van der Waals surface area contributed by atoms with Crippen LogP contribution in [0.25, 0.3) is 0 Å². The number of rotatable bonds is 26. The first-order chi connectivity index (χ1) is 24.3. The molecule has 0 spiro atoms. The summed E-state index contributed by atoms with van der Waals surface area (Å²) >= 11 is 0. The quantitative estimate of drug-likeness (QED) is 0.0643. The maximum Gasteiger partial charge on any atom is 0.267 e. The van der Waals surface area contributed by atoms with E-state index in [0.29, 0.717) is 11.3 Å². The monoisotopic (exact) mass is 747 g/mol. The summed E-state index contributed by atoms with van der Waals surface area (Å²) in [5.74, 6) is -8.49. The van der Waals surface area contributed by atoms with E-state index in [-0.39, 0.29) is 19.6 Å². The summed E-state index contributed by atoms with van der Waals surface area (Å²) in [7, 11) is -5.13. The Morgan fingerprint density at radius 2 is 1.08 bits per heavy atom. The number of aryl methyl sites for hydroxylation is 2. The molecule has 0 bridgehead atoms. The van der Waals surface area contributed by atoms with Gasteiger partial charge in [-0.25, -0.2) is 0 Å². The zero-order chi connectivity index (χ0) is 39.1. The minimum Gasteiger partial charge on any atom is -0.756 e. The standard InChI is InChI=1S/C34H48N3O14P/c1-24-5-9-26(10-6-24)34(3,27-11-7-25(2)8-12-27)13-4-16-50-52(48,49)51-23-28(37(21-32(44)45)22-33(46)47)17-35(18-29(38)39)14-15-36(19-30(40)41)20-31(42)43/h5-12,28H,4,13-23H2,1-3H3,(H,38,39)(H,40,41)(H,42,43)(H,44,45)(H,46,47)(H,48,49)/p-6. The Morgan fingerprint density at radius 3 is 1.50 bits per heavy atom. The average Bonchev–Trinajstić information content (AvgIpc) is 3.02. The summed E-state index contributed by atoms with van der Waals surface area (Å²) in [6, 6.07) is 14.4. The molecule has 2 atom stereocenters. The number of phosphoric ester groups is 1. The Labute approximate surface area is 301 Å². The summed E-state index contributed by atoms with van der Waals surface area (Å²) in [6.07, 6.45) is 0.699. The van der Waals surface area contributed by atoms with Crippen LogP contribution in [0.4, 0.5) is 0 Å². The maximum atomic E-state index is 12.9. The molecule has 0 aromatic heterocycles. The topological polar surface area (TPSA) is 269 Å². The zero-order valence-corrected chi connectivity index (χ0v) is 30.1. The van der Waals surface area contributed by atoms with Crippen molar-refractivity contribution < 1.29 is 68.0 Å². The SMILES string of the molecule is Cc1ccc(C(C)(CCCOP(=O)([O-])OCC(CN(CCN(CC(=O)[O-])CC(=O)[O-])CC(=O)[O-])N(CC(=O)[O-])CC(=O)[O-])c2ccc(C)cc2)cc1. The summed E-state index contributed by atoms with van der Waals surface area (Å²) in [6.45, 7) is -1.40. The highest BCUT2D eigenvalue weighted by atomic mass is 31.2. The number of benzene rings is 2. The highest BCUT2D eigenvalue weighted by molar-refractivity contribution is 7.45. The molecule has 2 rings (SSSR count). The van der Waals surface area contributed by atoms with E-state index in [0.717, 1.165) is 32.1 Å². The number of carbonyl (C=O) groups excluding carboxylic acids is 5. The van der Waals surface area contributed by atoms with Crippen LogP contribution in [0.1, 0.15) is 42.0 Å². The lowest BCUT2D eigenvalue weighted by Crippen LogP contribution is -2.55. The number of carbonyl (C=O) groups is 5. The first kappa shape index (κ1) is 43.9. The number of hydrogen-bond donors (Lipinski definition) is 0. The van der Waals surface area contributed by atoms with Crippen molar-refractivity contribution in [1.29, 1.82) is 0 Å². The third-order valence-corrected chi connectivity index (χ3v) is 9.28. The molecule has 0 saturated heterocycles. The van der Waals surface area contributed by atoms with Gasteiger partial charge in [-0.3, -0.25) is 19.3 Å². The molecule has 0 aliphatic rings. The molecular weight excluding hydrogens is 705 g/mol. The van der Waals surface area contributed by atoms with Crippen molar-refractivity contribution in [2.45, 2.75) is 45.1 Å². The summed E-state index contributed by atoms with van der Waals surface area (Å²) in [5, 5.41) is 56.6. The fourth-order valence-corrected chi connectivity index (χ4v) is 6.39. The Morgan fingerprint density at radius 1 is 0.673 bits per heavy atom. The van der Waals surface area contributed by atoms with E-state index in [1.54, 1.807) is 0 Å². The third-order valence-electron chi connectivity index (χ3n) is 8.31. The molecule has 0 saturated carbocycles. The lowest BCUT2D eigenvalue weighted by atomic mass is 9.73. The fraction of sp³-hybridized carbons (Fsp3) is 0.500. The molecule has 17 nitrogen and oxygen atoms in total. The molecular formula is C34H42N3O14P-6. The molecule has 288 valence electrons. The van der Waals surface area contributed by atoms with Gasteiger partial charge in [0.05, 0.1) is 43.1 Å². The Balaban J connectivity index is 2.22. The first-order valence-electron chi connectivity index (χ1n) is 16.2. The van der Waals surface area contributed by atoms with E-state index in [2.05, 4.69) is 0 Å². The smallest absolute Gasteiger partial charge is 0.267 e. The van der Waals surface area contributed by atoms with Crippen molar-refractivity contribution >= 4 is 37.7 Å². The van der Waals surface area contributed by atoms with Gasteiger partial charge in [-0.1, -0.05) is 66.6 Å². The molecule has 0 amide bonds. The van der Waals surface area contributed by atoms with Gasteiger partial charge in [-0.2, -0.15) is 0 Å². The normalized spacial score (nSPS) is 13.6. The minimum atomic E-state index is -5.13. The minimum absolute atomic E-state index is 0.242. The number of hydrogen-bond acceptors (Lipinski definition) is 17. The summed E-state index contributed by atoms with van der Waals surface area (Å²) in [4.78, 5) is 72.1. The zero-order valence-electron chi connectivity index (χ0n) is 29.2. The van der Waals surface area contributed by atoms with Crippen LogP contribution >= 0.6 is 7.82 Å². The molecule has 0 radical (unpaired) electrons. The largest absolute Gasteiger partial charge is 0.756 e. The highest BCUT2D eigenvalue weighted by Gasteiger charge is 2.29. The van der Waals surface area contributed by atoms with Gasteiger partial charge in [0.25, 0.3) is 7.82 Å². The second-order valence-electron chi connectivity index (χ2n) is 12.6. The predicted molar refractivity (Wildman–Crippen MR) is 171 cm³/mol. The van der Waals surface area contributed by atoms with Crippen LogP contribution in [-0.4, -0.2) is 116 Å². The molecule has 2 aromatic rings. The molecule has 18 heteroatoms. The number of carboxylic acid groups (broad SMARTS) is 5. The second-order valence-corrected chi connectivity index (χ2v) is 14.0. The van der Waals surface area contributed by atoms with E-state index < -0.39 is 102 Å². The lowest BCUT2D eigenvalue weighted by Gasteiger charge is -2.37. The van der Waals surface area contributed by atoms with Crippen LogP contribution in [0.15, 0.2) is 48.5 Å². The molecule has 0 N–H and O–H groups in total. The summed E-state index contributed by atoms with van der Waals surface area (Å²) < 4.78 is 23.0. The number of phosphoric acid groups is 1. The van der Waals surface area contributed by atoms with Gasteiger partial charge in [-0.15, -0.1) is 0 Å². The number of nitrogens with zero attached hydrogens (tertiary/aromatic N) is 3. The molecule has 52 heavy (non-hydrogen) atoms. The first-order valence-corrected chi connectivity index (χ1v) is 17.7. The van der Waals surface area contributed by atoms with Crippen LogP contribution in [0, 0.1) is 13.8 Å². The van der Waals surface area contributed by atoms with E-state index in [9.17, 15) is 59.0 Å². The highest BCUT2D eigenvalue weighted by Crippen LogP contribution is 2.41. The van der Waals surface area contributed by atoms with Crippen molar-refractivity contribution in [2.24, 2.45) is 0 Å². The molecule has 2 aromatic carbocycles. The lowest BCUT2D eigenvalue weighted by molar-refractivity contribution is -0.313. The van der Waals surface area contributed by atoms with Gasteiger partial charge in [0.1, 0.15) is 0 Å². The van der Waals surface area contributed by atoms with Gasteiger partial charge in [0.2, 0.25) is 0 Å². The number of aliphatic carboxylic acids is 5.